The Kier molecular flexibility index (Phi) is 3.14. The van der Waals surface area contributed by atoms with Gasteiger partial charge >= 0.3 is 0 Å². The van der Waals surface area contributed by atoms with Crippen molar-refractivity contribution >= 4 is 21.7 Å². The minimum Gasteiger partial charge on any atom is -0.381 e. The minimum absolute atomic E-state index is 0.0670. The van der Waals surface area contributed by atoms with Crippen LogP contribution in [-0.2, 0) is 11.8 Å². The van der Waals surface area contributed by atoms with Gasteiger partial charge in [0.25, 0.3) is 0 Å². The van der Waals surface area contributed by atoms with Gasteiger partial charge in [0.15, 0.2) is 0 Å². The number of aryl methyl sites for hydroxylation is 1. The fraction of sp³-hybridized carbons (Fsp3) is 0.600. The third-order valence-electron chi connectivity index (χ3n) is 2.95. The van der Waals surface area contributed by atoms with Crippen LogP contribution in [0.25, 0.3) is 0 Å². The lowest BCUT2D eigenvalue weighted by Gasteiger charge is -2.31. The van der Waals surface area contributed by atoms with E-state index in [1.165, 1.54) is 0 Å². The van der Waals surface area contributed by atoms with Gasteiger partial charge < -0.3 is 10.5 Å². The number of ketones is 1. The van der Waals surface area contributed by atoms with E-state index in [0.29, 0.717) is 36.2 Å². The van der Waals surface area contributed by atoms with Crippen LogP contribution in [0.4, 0.5) is 0 Å². The molecule has 88 valence electrons. The number of nitrogens with zero attached hydrogens (tertiary/aromatic N) is 2. The molecule has 1 aliphatic rings. The molecule has 1 saturated heterocycles. The lowest BCUT2D eigenvalue weighted by atomic mass is 9.85. The number of rotatable bonds is 2. The Bertz CT molecular complexity index is 391. The number of ether oxygens (including phenoxy) is 1. The molecule has 0 atom stereocenters. The Morgan fingerprint density at radius 2 is 2.25 bits per heavy atom. The number of carbonyl (C=O) groups excluding carboxylic acids is 1. The molecule has 5 nitrogen and oxygen atoms in total. The lowest BCUT2D eigenvalue weighted by molar-refractivity contribution is 0.0441. The highest BCUT2D eigenvalue weighted by atomic mass is 79.9. The summed E-state index contributed by atoms with van der Waals surface area (Å²) in [6, 6.07) is 0. The monoisotopic (exact) mass is 287 g/mol. The second kappa shape index (κ2) is 4.27. The van der Waals surface area contributed by atoms with Crippen molar-refractivity contribution in [2.24, 2.45) is 12.8 Å². The molecule has 0 aromatic carbocycles. The number of nitrogens with two attached hydrogens (primary N) is 1. The average Bonchev–Trinajstić information content (AvgIpc) is 2.59. The molecule has 0 radical (unpaired) electrons. The first-order valence-corrected chi connectivity index (χ1v) is 5.93. The van der Waals surface area contributed by atoms with Gasteiger partial charge in [-0.3, -0.25) is 9.48 Å². The molecule has 0 aliphatic carbocycles. The maximum atomic E-state index is 12.4. The van der Waals surface area contributed by atoms with Crippen LogP contribution < -0.4 is 5.73 Å². The Balaban J connectivity index is 2.31. The predicted octanol–water partition coefficient (Wildman–Crippen LogP) is 0.873. The Morgan fingerprint density at radius 3 is 2.75 bits per heavy atom. The summed E-state index contributed by atoms with van der Waals surface area (Å²) in [5, 5.41) is 4.03. The zero-order chi connectivity index (χ0) is 11.8. The quantitative estimate of drug-likeness (QED) is 0.820. The van der Waals surface area contributed by atoms with Gasteiger partial charge in [-0.1, -0.05) is 0 Å². The van der Waals surface area contributed by atoms with Crippen molar-refractivity contribution in [2.45, 2.75) is 18.4 Å². The van der Waals surface area contributed by atoms with Crippen LogP contribution in [-0.4, -0.2) is 34.3 Å². The molecular weight excluding hydrogens is 274 g/mol. The number of halogens is 1. The summed E-state index contributed by atoms with van der Waals surface area (Å²) in [7, 11) is 1.74. The summed E-state index contributed by atoms with van der Waals surface area (Å²) in [4.78, 5) is 12.4. The number of aromatic nitrogens is 2. The number of carbonyl (C=O) groups is 1. The summed E-state index contributed by atoms with van der Waals surface area (Å²) in [6.07, 6.45) is 2.73. The maximum Gasteiger partial charge on any atom is 0.201 e. The Morgan fingerprint density at radius 1 is 1.62 bits per heavy atom. The van der Waals surface area contributed by atoms with Gasteiger partial charge in [0.2, 0.25) is 5.78 Å². The summed E-state index contributed by atoms with van der Waals surface area (Å²) >= 11 is 3.32. The zero-order valence-electron chi connectivity index (χ0n) is 9.07. The van der Waals surface area contributed by atoms with E-state index in [0.717, 1.165) is 0 Å². The van der Waals surface area contributed by atoms with Gasteiger partial charge in [-0.15, -0.1) is 0 Å². The van der Waals surface area contributed by atoms with Crippen molar-refractivity contribution in [1.82, 2.24) is 9.78 Å². The molecular formula is C10H14BrN3O2. The minimum atomic E-state index is -0.811. The van der Waals surface area contributed by atoms with Crippen LogP contribution >= 0.6 is 15.9 Å². The molecule has 2 N–H and O–H groups in total. The van der Waals surface area contributed by atoms with Crippen LogP contribution in [0.3, 0.4) is 0 Å². The maximum absolute atomic E-state index is 12.4. The van der Waals surface area contributed by atoms with Gasteiger partial charge in [0, 0.05) is 20.3 Å². The molecule has 0 bridgehead atoms. The van der Waals surface area contributed by atoms with E-state index in [-0.39, 0.29) is 5.78 Å². The first kappa shape index (κ1) is 11.8. The van der Waals surface area contributed by atoms with E-state index in [2.05, 4.69) is 21.0 Å². The van der Waals surface area contributed by atoms with Gasteiger partial charge in [-0.05, 0) is 28.8 Å². The molecule has 0 spiro atoms. The zero-order valence-corrected chi connectivity index (χ0v) is 10.7. The normalized spacial score (nSPS) is 19.7. The second-order valence-corrected chi connectivity index (χ2v) is 4.92. The highest BCUT2D eigenvalue weighted by Crippen LogP contribution is 2.26. The largest absolute Gasteiger partial charge is 0.381 e. The molecule has 2 heterocycles. The highest BCUT2D eigenvalue weighted by molar-refractivity contribution is 9.10. The molecule has 16 heavy (non-hydrogen) atoms. The number of Topliss-reactive ketones (excluding diaryl/α,β-unsaturated/α-hetero) is 1. The summed E-state index contributed by atoms with van der Waals surface area (Å²) in [5.41, 5.74) is 5.86. The summed E-state index contributed by atoms with van der Waals surface area (Å²) < 4.78 is 7.47. The van der Waals surface area contributed by atoms with Crippen molar-refractivity contribution < 1.29 is 9.53 Å². The van der Waals surface area contributed by atoms with Crippen molar-refractivity contribution in [3.63, 3.8) is 0 Å². The van der Waals surface area contributed by atoms with Crippen LogP contribution in [0.5, 0.6) is 0 Å². The third-order valence-corrected chi connectivity index (χ3v) is 3.53. The SMILES string of the molecule is Cn1ncc(Br)c1C(=O)C1(N)CCOCC1. The van der Waals surface area contributed by atoms with Crippen LogP contribution in [0.2, 0.25) is 0 Å². The van der Waals surface area contributed by atoms with Crippen molar-refractivity contribution in [2.75, 3.05) is 13.2 Å². The van der Waals surface area contributed by atoms with Crippen molar-refractivity contribution in [1.29, 1.82) is 0 Å². The molecule has 6 heteroatoms. The average molecular weight is 288 g/mol. The van der Waals surface area contributed by atoms with Gasteiger partial charge in [-0.25, -0.2) is 0 Å². The molecule has 0 amide bonds. The van der Waals surface area contributed by atoms with Crippen molar-refractivity contribution in [3.8, 4) is 0 Å². The first-order valence-electron chi connectivity index (χ1n) is 5.13. The van der Waals surface area contributed by atoms with Crippen LogP contribution in [0.15, 0.2) is 10.7 Å². The lowest BCUT2D eigenvalue weighted by Crippen LogP contribution is -2.52. The molecule has 2 rings (SSSR count). The van der Waals surface area contributed by atoms with E-state index in [9.17, 15) is 4.79 Å². The first-order chi connectivity index (χ1) is 7.54. The topological polar surface area (TPSA) is 70.1 Å². The van der Waals surface area contributed by atoms with Crippen LogP contribution in [0, 0.1) is 0 Å². The predicted molar refractivity (Wildman–Crippen MR) is 62.2 cm³/mol. The summed E-state index contributed by atoms with van der Waals surface area (Å²) in [6.45, 7) is 1.08. The smallest absolute Gasteiger partial charge is 0.201 e. The van der Waals surface area contributed by atoms with Gasteiger partial charge in [-0.2, -0.15) is 5.10 Å². The third kappa shape index (κ3) is 1.92. The molecule has 1 aromatic heterocycles. The fourth-order valence-electron chi connectivity index (χ4n) is 1.86. The van der Waals surface area contributed by atoms with E-state index >= 15 is 0 Å². The number of hydrogen-bond donors (Lipinski definition) is 1. The van der Waals surface area contributed by atoms with E-state index in [4.69, 9.17) is 10.5 Å². The Hall–Kier alpha value is -0.720. The standard InChI is InChI=1S/C10H14BrN3O2/c1-14-8(7(11)6-13-14)9(15)10(12)2-4-16-5-3-10/h6H,2-5,12H2,1H3. The summed E-state index contributed by atoms with van der Waals surface area (Å²) in [5.74, 6) is -0.0670. The fourth-order valence-corrected chi connectivity index (χ4v) is 2.39. The second-order valence-electron chi connectivity index (χ2n) is 4.06. The highest BCUT2D eigenvalue weighted by Gasteiger charge is 2.38. The van der Waals surface area contributed by atoms with Crippen LogP contribution in [0.1, 0.15) is 23.3 Å². The number of hydrogen-bond acceptors (Lipinski definition) is 4. The van der Waals surface area contributed by atoms with E-state index in [1.54, 1.807) is 17.9 Å². The molecule has 1 aliphatic heterocycles. The molecule has 1 fully saturated rings. The van der Waals surface area contributed by atoms with E-state index < -0.39 is 5.54 Å². The Labute approximate surface area is 102 Å². The van der Waals surface area contributed by atoms with Gasteiger partial charge in [0.05, 0.1) is 16.2 Å². The van der Waals surface area contributed by atoms with Gasteiger partial charge in [0.1, 0.15) is 5.69 Å². The van der Waals surface area contributed by atoms with E-state index in [1.807, 2.05) is 0 Å². The molecule has 0 saturated carbocycles. The molecule has 1 aromatic rings. The van der Waals surface area contributed by atoms with Crippen molar-refractivity contribution in [3.05, 3.63) is 16.4 Å². The molecule has 0 unspecified atom stereocenters.